The first-order chi connectivity index (χ1) is 16.5. The highest BCUT2D eigenvalue weighted by Gasteiger charge is 2.30. The van der Waals surface area contributed by atoms with Crippen molar-refractivity contribution in [2.45, 2.75) is 16.5 Å². The molecule has 1 N–H and O–H groups in total. The van der Waals surface area contributed by atoms with E-state index < -0.39 is 10.0 Å². The minimum Gasteiger partial charge on any atom is -0.486 e. The van der Waals surface area contributed by atoms with Crippen molar-refractivity contribution in [2.75, 3.05) is 17.9 Å². The number of carbonyl (C=O) groups excluding carboxylic acids is 1. The van der Waals surface area contributed by atoms with Gasteiger partial charge in [0.1, 0.15) is 17.4 Å². The Labute approximate surface area is 200 Å². The van der Waals surface area contributed by atoms with Crippen LogP contribution >= 0.6 is 11.3 Å². The third-order valence-corrected chi connectivity index (χ3v) is 8.85. The Kier molecular flexibility index (Phi) is 4.96. The number of sulfonamides is 1. The molecule has 4 aromatic rings. The number of fused-ring (bicyclic) bond motifs is 4. The number of anilines is 1. The second-order valence-corrected chi connectivity index (χ2v) is 11.0. The summed E-state index contributed by atoms with van der Waals surface area (Å²) in [6.45, 7) is 0.934. The second-order valence-electron chi connectivity index (χ2n) is 8.16. The van der Waals surface area contributed by atoms with Gasteiger partial charge in [-0.2, -0.15) is 0 Å². The van der Waals surface area contributed by atoms with Gasteiger partial charge >= 0.3 is 0 Å². The van der Waals surface area contributed by atoms with Crippen LogP contribution in [0.25, 0.3) is 5.69 Å². The monoisotopic (exact) mass is 492 g/mol. The molecule has 172 valence electrons. The predicted octanol–water partition coefficient (Wildman–Crippen LogP) is 4.83. The molecular formula is C25H20N2O5S2. The fraction of sp³-hybridized carbons (Fsp3) is 0.160. The van der Waals surface area contributed by atoms with Crippen molar-refractivity contribution in [3.05, 3.63) is 89.1 Å². The normalized spacial score (nSPS) is 16.9. The topological polar surface area (TPSA) is 86.6 Å². The third-order valence-electron chi connectivity index (χ3n) is 6.07. The Balaban J connectivity index is 1.34. The molecular weight excluding hydrogens is 472 g/mol. The first kappa shape index (κ1) is 21.0. The van der Waals surface area contributed by atoms with Gasteiger partial charge in [-0.25, -0.2) is 8.42 Å². The molecule has 34 heavy (non-hydrogen) atoms. The highest BCUT2D eigenvalue weighted by atomic mass is 32.2. The van der Waals surface area contributed by atoms with Crippen LogP contribution in [0, 0.1) is 0 Å². The van der Waals surface area contributed by atoms with E-state index in [9.17, 15) is 13.2 Å². The molecule has 0 aliphatic carbocycles. The van der Waals surface area contributed by atoms with Gasteiger partial charge < -0.3 is 14.0 Å². The molecule has 2 aromatic heterocycles. The van der Waals surface area contributed by atoms with Crippen molar-refractivity contribution in [3.63, 3.8) is 0 Å². The number of benzene rings is 2. The smallest absolute Gasteiger partial charge is 0.271 e. The van der Waals surface area contributed by atoms with Gasteiger partial charge in [0.15, 0.2) is 17.3 Å². The van der Waals surface area contributed by atoms with Gasteiger partial charge in [-0.05, 0) is 47.3 Å². The van der Waals surface area contributed by atoms with Gasteiger partial charge in [0.2, 0.25) is 0 Å². The molecule has 0 fully saturated rings. The minimum absolute atomic E-state index is 0.0168. The highest BCUT2D eigenvalue weighted by molar-refractivity contribution is 7.94. The fourth-order valence-electron chi connectivity index (χ4n) is 4.49. The largest absolute Gasteiger partial charge is 0.486 e. The van der Waals surface area contributed by atoms with Gasteiger partial charge in [-0.15, -0.1) is 11.3 Å². The first-order valence-electron chi connectivity index (χ1n) is 10.8. The number of nitrogens with zero attached hydrogens (tertiary/aromatic N) is 1. The van der Waals surface area contributed by atoms with Gasteiger partial charge in [0.05, 0.1) is 5.69 Å². The van der Waals surface area contributed by atoms with Crippen molar-refractivity contribution in [1.29, 1.82) is 0 Å². The molecule has 0 spiro atoms. The number of nitrogens with one attached hydrogen (secondary N) is 1. The van der Waals surface area contributed by atoms with E-state index in [0.717, 1.165) is 16.9 Å². The maximum atomic E-state index is 13.3. The van der Waals surface area contributed by atoms with Gasteiger partial charge in [0.25, 0.3) is 10.0 Å². The van der Waals surface area contributed by atoms with Crippen LogP contribution in [0.1, 0.15) is 34.0 Å². The number of aromatic nitrogens is 1. The molecule has 9 heteroatoms. The lowest BCUT2D eigenvalue weighted by atomic mass is 9.90. The van der Waals surface area contributed by atoms with Gasteiger partial charge in [-0.1, -0.05) is 18.2 Å². The summed E-state index contributed by atoms with van der Waals surface area (Å²) in [4.78, 5) is 13.3. The van der Waals surface area contributed by atoms with E-state index in [1.807, 2.05) is 41.1 Å². The first-order valence-corrected chi connectivity index (χ1v) is 13.2. The molecule has 1 atom stereocenters. The van der Waals surface area contributed by atoms with Crippen LogP contribution in [-0.4, -0.2) is 32.0 Å². The van der Waals surface area contributed by atoms with Crippen LogP contribution in [-0.2, 0) is 10.0 Å². The van der Waals surface area contributed by atoms with Crippen molar-refractivity contribution in [2.24, 2.45) is 0 Å². The highest BCUT2D eigenvalue weighted by Crippen LogP contribution is 2.41. The number of hydrogen-bond donors (Lipinski definition) is 1. The molecule has 0 saturated carbocycles. The Hall–Kier alpha value is -3.56. The second kappa shape index (κ2) is 8.03. The molecule has 2 aromatic carbocycles. The SMILES string of the molecule is O=C1CC(c2ccc(NS(=O)(=O)c3cccs3)cc2)c2cccn2-c2cc3c(cc21)OCCO3. The molecule has 0 bridgehead atoms. The van der Waals surface area contributed by atoms with Gasteiger partial charge in [-0.3, -0.25) is 9.52 Å². The minimum atomic E-state index is -3.62. The summed E-state index contributed by atoms with van der Waals surface area (Å²) in [5, 5.41) is 1.72. The zero-order valence-corrected chi connectivity index (χ0v) is 19.6. The summed E-state index contributed by atoms with van der Waals surface area (Å²) in [6.07, 6.45) is 2.23. The number of ketones is 1. The van der Waals surface area contributed by atoms with E-state index in [0.29, 0.717) is 36.0 Å². The molecule has 2 aliphatic heterocycles. The van der Waals surface area contributed by atoms with Crippen LogP contribution in [0.2, 0.25) is 0 Å². The molecule has 0 radical (unpaired) electrons. The summed E-state index contributed by atoms with van der Waals surface area (Å²) in [7, 11) is -3.62. The molecule has 1 unspecified atom stereocenters. The number of hydrogen-bond acceptors (Lipinski definition) is 6. The van der Waals surface area contributed by atoms with Crippen LogP contribution in [0.3, 0.4) is 0 Å². The van der Waals surface area contributed by atoms with E-state index in [1.165, 1.54) is 11.3 Å². The van der Waals surface area contributed by atoms with Crippen molar-refractivity contribution in [3.8, 4) is 17.2 Å². The maximum Gasteiger partial charge on any atom is 0.271 e. The molecule has 7 nitrogen and oxygen atoms in total. The average molecular weight is 493 g/mol. The lowest BCUT2D eigenvalue weighted by molar-refractivity contribution is 0.0978. The maximum absolute atomic E-state index is 13.3. The summed E-state index contributed by atoms with van der Waals surface area (Å²) in [5.41, 5.74) is 3.76. The molecule has 0 amide bonds. The zero-order chi connectivity index (χ0) is 23.3. The van der Waals surface area contributed by atoms with Crippen molar-refractivity contribution < 1.29 is 22.7 Å². The lowest BCUT2D eigenvalue weighted by Gasteiger charge is -2.21. The van der Waals surface area contributed by atoms with Crippen molar-refractivity contribution >= 4 is 32.8 Å². The molecule has 6 rings (SSSR count). The van der Waals surface area contributed by atoms with Crippen LogP contribution in [0.15, 0.2) is 76.4 Å². The van der Waals surface area contributed by atoms with Crippen LogP contribution in [0.4, 0.5) is 5.69 Å². The number of rotatable bonds is 4. The van der Waals surface area contributed by atoms with Crippen LogP contribution < -0.4 is 14.2 Å². The third kappa shape index (κ3) is 3.57. The molecule has 2 aliphatic rings. The zero-order valence-electron chi connectivity index (χ0n) is 17.9. The van der Waals surface area contributed by atoms with Crippen molar-refractivity contribution in [1.82, 2.24) is 4.57 Å². The van der Waals surface area contributed by atoms with Crippen LogP contribution in [0.5, 0.6) is 11.5 Å². The Morgan fingerprint density at radius 1 is 0.971 bits per heavy atom. The van der Waals surface area contributed by atoms with Gasteiger partial charge in [0, 0.05) is 41.5 Å². The number of ether oxygens (including phenoxy) is 2. The standard InChI is InChI=1S/C25H20N2O5S2/c28-22-13-18(16-5-7-17(8-6-16)26-34(29,30)25-4-2-12-33-25)20-3-1-9-27(20)21-15-24-23(14-19(21)22)31-10-11-32-24/h1-9,12,14-15,18,26H,10-11,13H2. The Morgan fingerprint density at radius 3 is 2.47 bits per heavy atom. The van der Waals surface area contributed by atoms with E-state index in [2.05, 4.69) is 4.72 Å². The van der Waals surface area contributed by atoms with E-state index >= 15 is 0 Å². The Morgan fingerprint density at radius 2 is 1.74 bits per heavy atom. The number of thiophene rings is 1. The number of carbonyl (C=O) groups is 1. The molecule has 4 heterocycles. The Bertz CT molecular complexity index is 1490. The summed E-state index contributed by atoms with van der Waals surface area (Å²) < 4.78 is 41.4. The molecule has 0 saturated heterocycles. The lowest BCUT2D eigenvalue weighted by Crippen LogP contribution is -2.16. The summed E-state index contributed by atoms with van der Waals surface area (Å²) in [6, 6.07) is 18.1. The summed E-state index contributed by atoms with van der Waals surface area (Å²) in [5.74, 6) is 1.06. The van der Waals surface area contributed by atoms with E-state index in [-0.39, 0.29) is 22.3 Å². The predicted molar refractivity (Wildman–Crippen MR) is 129 cm³/mol. The fourth-order valence-corrected chi connectivity index (χ4v) is 6.54. The quantitative estimate of drug-likeness (QED) is 0.441. The van der Waals surface area contributed by atoms with E-state index in [4.69, 9.17) is 9.47 Å². The number of Topliss-reactive ketones (excluding diaryl/α,β-unsaturated/α-hetero) is 1. The average Bonchev–Trinajstić information content (AvgIpc) is 3.53. The summed E-state index contributed by atoms with van der Waals surface area (Å²) >= 11 is 1.17. The van der Waals surface area contributed by atoms with E-state index in [1.54, 1.807) is 35.7 Å².